The highest BCUT2D eigenvalue weighted by molar-refractivity contribution is 7.18. The van der Waals surface area contributed by atoms with Crippen LogP contribution in [0.2, 0.25) is 0 Å². The number of thiazole rings is 1. The molecule has 1 N–H and O–H groups in total. The fourth-order valence-electron chi connectivity index (χ4n) is 2.78. The summed E-state index contributed by atoms with van der Waals surface area (Å²) in [5, 5.41) is 10.9. The first-order chi connectivity index (χ1) is 8.22. The number of rotatable bonds is 1. The van der Waals surface area contributed by atoms with E-state index in [0.717, 1.165) is 29.8 Å². The summed E-state index contributed by atoms with van der Waals surface area (Å²) in [4.78, 5) is 4.54. The van der Waals surface area contributed by atoms with Gasteiger partial charge in [0.2, 0.25) is 0 Å². The lowest BCUT2D eigenvalue weighted by atomic mass is 9.82. The van der Waals surface area contributed by atoms with Crippen molar-refractivity contribution < 1.29 is 5.11 Å². The van der Waals surface area contributed by atoms with Crippen molar-refractivity contribution in [3.8, 4) is 0 Å². The topological polar surface area (TPSA) is 33.1 Å². The minimum Gasteiger partial charge on any atom is -0.393 e. The van der Waals surface area contributed by atoms with E-state index < -0.39 is 0 Å². The van der Waals surface area contributed by atoms with E-state index in [4.69, 9.17) is 0 Å². The Hall–Kier alpha value is -0.930. The molecular formula is C14H17NOS. The zero-order chi connectivity index (χ0) is 11.8. The molecule has 1 fully saturated rings. The molecule has 2 aromatic rings. The average Bonchev–Trinajstić information content (AvgIpc) is 2.68. The summed E-state index contributed by atoms with van der Waals surface area (Å²) in [5.74, 6) is 0.519. The van der Waals surface area contributed by atoms with Crippen LogP contribution in [0.3, 0.4) is 0 Å². The molecule has 3 heteroatoms. The Morgan fingerprint density at radius 3 is 3.06 bits per heavy atom. The third-order valence-corrected chi connectivity index (χ3v) is 4.59. The number of aliphatic hydroxyl groups excluding tert-OH is 1. The van der Waals surface area contributed by atoms with Crippen molar-refractivity contribution in [1.29, 1.82) is 0 Å². The van der Waals surface area contributed by atoms with Crippen molar-refractivity contribution in [2.75, 3.05) is 0 Å². The van der Waals surface area contributed by atoms with Gasteiger partial charge in [0.15, 0.2) is 0 Å². The molecule has 2 nitrogen and oxygen atoms in total. The van der Waals surface area contributed by atoms with Gasteiger partial charge in [-0.3, -0.25) is 0 Å². The molecule has 1 aliphatic rings. The van der Waals surface area contributed by atoms with Gasteiger partial charge in [-0.05, 0) is 49.8 Å². The molecule has 0 bridgehead atoms. The molecule has 1 aliphatic carbocycles. The molecule has 1 aromatic carbocycles. The average molecular weight is 247 g/mol. The third-order valence-electron chi connectivity index (χ3n) is 3.64. The van der Waals surface area contributed by atoms with Gasteiger partial charge in [-0.1, -0.05) is 12.5 Å². The van der Waals surface area contributed by atoms with Crippen LogP contribution in [0.1, 0.15) is 42.2 Å². The Morgan fingerprint density at radius 1 is 1.35 bits per heavy atom. The van der Waals surface area contributed by atoms with Gasteiger partial charge in [0.1, 0.15) is 0 Å². The van der Waals surface area contributed by atoms with Crippen LogP contribution in [-0.2, 0) is 0 Å². The molecule has 1 heterocycles. The highest BCUT2D eigenvalue weighted by Crippen LogP contribution is 2.34. The van der Waals surface area contributed by atoms with Crippen molar-refractivity contribution in [3.63, 3.8) is 0 Å². The number of aryl methyl sites for hydroxylation is 1. The van der Waals surface area contributed by atoms with E-state index in [1.54, 1.807) is 11.3 Å². The van der Waals surface area contributed by atoms with Crippen molar-refractivity contribution in [1.82, 2.24) is 4.98 Å². The Morgan fingerprint density at radius 2 is 2.24 bits per heavy atom. The molecule has 0 radical (unpaired) electrons. The molecule has 17 heavy (non-hydrogen) atoms. The summed E-state index contributed by atoms with van der Waals surface area (Å²) in [6, 6.07) is 6.60. The standard InChI is InChI=1S/C14H17NOS/c1-9-15-13-8-11(5-6-14(13)17-9)10-3-2-4-12(16)7-10/h5-6,8,10,12,16H,2-4,7H2,1H3. The van der Waals surface area contributed by atoms with Crippen LogP contribution in [-0.4, -0.2) is 16.2 Å². The van der Waals surface area contributed by atoms with Crippen molar-refractivity contribution in [3.05, 3.63) is 28.8 Å². The lowest BCUT2D eigenvalue weighted by Crippen LogP contribution is -2.18. The molecular weight excluding hydrogens is 230 g/mol. The predicted molar refractivity (Wildman–Crippen MR) is 71.6 cm³/mol. The van der Waals surface area contributed by atoms with Crippen molar-refractivity contribution in [2.24, 2.45) is 0 Å². The predicted octanol–water partition coefficient (Wildman–Crippen LogP) is 3.62. The van der Waals surface area contributed by atoms with E-state index in [1.165, 1.54) is 16.7 Å². The second-order valence-corrected chi connectivity index (χ2v) is 6.21. The zero-order valence-electron chi connectivity index (χ0n) is 10.0. The molecule has 2 unspecified atom stereocenters. The summed E-state index contributed by atoms with van der Waals surface area (Å²) >= 11 is 1.75. The largest absolute Gasteiger partial charge is 0.393 e. The summed E-state index contributed by atoms with van der Waals surface area (Å²) in [6.07, 6.45) is 4.11. The van der Waals surface area contributed by atoms with Crippen LogP contribution in [0.4, 0.5) is 0 Å². The van der Waals surface area contributed by atoms with E-state index in [-0.39, 0.29) is 6.10 Å². The maximum atomic E-state index is 9.74. The SMILES string of the molecule is Cc1nc2cc(C3CCCC(O)C3)ccc2s1. The van der Waals surface area contributed by atoms with Crippen LogP contribution >= 0.6 is 11.3 Å². The highest BCUT2D eigenvalue weighted by Gasteiger charge is 2.21. The van der Waals surface area contributed by atoms with Crippen LogP contribution in [0.15, 0.2) is 18.2 Å². The number of nitrogens with zero attached hydrogens (tertiary/aromatic N) is 1. The summed E-state index contributed by atoms with van der Waals surface area (Å²) < 4.78 is 1.27. The first-order valence-corrected chi connectivity index (χ1v) is 7.09. The normalized spacial score (nSPS) is 25.3. The van der Waals surface area contributed by atoms with Gasteiger partial charge < -0.3 is 5.11 Å². The summed E-state index contributed by atoms with van der Waals surface area (Å²) in [5.41, 5.74) is 2.46. The quantitative estimate of drug-likeness (QED) is 0.835. The number of fused-ring (bicyclic) bond motifs is 1. The third kappa shape index (κ3) is 2.22. The lowest BCUT2D eigenvalue weighted by molar-refractivity contribution is 0.119. The number of hydrogen-bond acceptors (Lipinski definition) is 3. The van der Waals surface area contributed by atoms with Crippen LogP contribution in [0.25, 0.3) is 10.2 Å². The Balaban J connectivity index is 1.94. The van der Waals surface area contributed by atoms with E-state index in [9.17, 15) is 5.11 Å². The van der Waals surface area contributed by atoms with Crippen molar-refractivity contribution in [2.45, 2.75) is 44.6 Å². The van der Waals surface area contributed by atoms with Gasteiger partial charge in [0.25, 0.3) is 0 Å². The zero-order valence-corrected chi connectivity index (χ0v) is 10.8. The van der Waals surface area contributed by atoms with Crippen LogP contribution < -0.4 is 0 Å². The Kier molecular flexibility index (Phi) is 2.89. The minimum absolute atomic E-state index is 0.110. The summed E-state index contributed by atoms with van der Waals surface area (Å²) in [6.45, 7) is 2.05. The van der Waals surface area contributed by atoms with Crippen LogP contribution in [0, 0.1) is 6.92 Å². The Labute approximate surface area is 105 Å². The molecule has 1 aromatic heterocycles. The highest BCUT2D eigenvalue weighted by atomic mass is 32.1. The number of hydrogen-bond donors (Lipinski definition) is 1. The van der Waals surface area contributed by atoms with E-state index in [0.29, 0.717) is 5.92 Å². The fourth-order valence-corrected chi connectivity index (χ4v) is 3.59. The van der Waals surface area contributed by atoms with E-state index in [2.05, 4.69) is 30.1 Å². The number of benzene rings is 1. The number of aliphatic hydroxyl groups is 1. The molecule has 0 amide bonds. The van der Waals surface area contributed by atoms with Gasteiger partial charge in [-0.25, -0.2) is 4.98 Å². The van der Waals surface area contributed by atoms with E-state index in [1.807, 2.05) is 0 Å². The van der Waals surface area contributed by atoms with Gasteiger partial charge in [0.05, 0.1) is 21.3 Å². The molecule has 0 saturated heterocycles. The van der Waals surface area contributed by atoms with Gasteiger partial charge >= 0.3 is 0 Å². The van der Waals surface area contributed by atoms with Crippen LogP contribution in [0.5, 0.6) is 0 Å². The minimum atomic E-state index is -0.110. The molecule has 3 rings (SSSR count). The lowest BCUT2D eigenvalue weighted by Gasteiger charge is -2.26. The maximum Gasteiger partial charge on any atom is 0.0907 e. The smallest absolute Gasteiger partial charge is 0.0907 e. The van der Waals surface area contributed by atoms with Crippen molar-refractivity contribution >= 4 is 21.6 Å². The summed E-state index contributed by atoms with van der Waals surface area (Å²) in [7, 11) is 0. The Bertz CT molecular complexity index is 534. The molecule has 90 valence electrons. The monoisotopic (exact) mass is 247 g/mol. The second kappa shape index (κ2) is 4.39. The first-order valence-electron chi connectivity index (χ1n) is 6.27. The van der Waals surface area contributed by atoms with Gasteiger partial charge in [0, 0.05) is 0 Å². The van der Waals surface area contributed by atoms with Gasteiger partial charge in [-0.15, -0.1) is 11.3 Å². The number of aromatic nitrogens is 1. The fraction of sp³-hybridized carbons (Fsp3) is 0.500. The second-order valence-electron chi connectivity index (χ2n) is 4.98. The molecule has 0 spiro atoms. The van der Waals surface area contributed by atoms with Gasteiger partial charge in [-0.2, -0.15) is 0 Å². The molecule has 0 aliphatic heterocycles. The molecule has 2 atom stereocenters. The molecule has 1 saturated carbocycles. The first kappa shape index (κ1) is 11.2. The van der Waals surface area contributed by atoms with E-state index >= 15 is 0 Å². The maximum absolute atomic E-state index is 9.74.